The second kappa shape index (κ2) is 6.60. The summed E-state index contributed by atoms with van der Waals surface area (Å²) in [4.78, 5) is 0. The van der Waals surface area contributed by atoms with Gasteiger partial charge in [0, 0.05) is 12.2 Å². The van der Waals surface area contributed by atoms with E-state index >= 15 is 0 Å². The van der Waals surface area contributed by atoms with Gasteiger partial charge in [-0.2, -0.15) is 0 Å². The minimum Gasteiger partial charge on any atom is -0.381 e. The molecule has 0 aliphatic carbocycles. The van der Waals surface area contributed by atoms with Crippen LogP contribution in [0.1, 0.15) is 41.2 Å². The fraction of sp³-hybridized carbons (Fsp3) is 0.368. The van der Waals surface area contributed by atoms with Crippen molar-refractivity contribution < 1.29 is 0 Å². The van der Waals surface area contributed by atoms with Crippen molar-refractivity contribution in [2.24, 2.45) is 0 Å². The van der Waals surface area contributed by atoms with E-state index in [2.05, 4.69) is 69.4 Å². The van der Waals surface area contributed by atoms with Crippen LogP contribution in [0.3, 0.4) is 0 Å². The van der Waals surface area contributed by atoms with E-state index in [-0.39, 0.29) is 0 Å². The molecule has 2 rings (SSSR count). The van der Waals surface area contributed by atoms with Crippen molar-refractivity contribution >= 4 is 5.69 Å². The lowest BCUT2D eigenvalue weighted by atomic mass is 10.00. The zero-order chi connectivity index (χ0) is 14.5. The number of rotatable bonds is 5. The lowest BCUT2D eigenvalue weighted by Gasteiger charge is -2.13. The van der Waals surface area contributed by atoms with E-state index in [1.807, 2.05) is 0 Å². The first kappa shape index (κ1) is 14.6. The summed E-state index contributed by atoms with van der Waals surface area (Å²) in [6.07, 6.45) is 2.37. The molecule has 0 fully saturated rings. The molecule has 20 heavy (non-hydrogen) atoms. The van der Waals surface area contributed by atoms with E-state index in [1.165, 1.54) is 39.9 Å². The van der Waals surface area contributed by atoms with Crippen LogP contribution in [0.5, 0.6) is 0 Å². The van der Waals surface area contributed by atoms with Gasteiger partial charge in [-0.05, 0) is 61.6 Å². The molecular formula is C19H25N. The van der Waals surface area contributed by atoms with Gasteiger partial charge in [-0.15, -0.1) is 0 Å². The number of aryl methyl sites for hydroxylation is 4. The van der Waals surface area contributed by atoms with Crippen LogP contribution in [0, 0.1) is 20.8 Å². The maximum absolute atomic E-state index is 3.53. The number of nitrogens with one attached hydrogen (secondary N) is 1. The highest BCUT2D eigenvalue weighted by atomic mass is 14.9. The molecule has 0 aliphatic heterocycles. The summed E-state index contributed by atoms with van der Waals surface area (Å²) in [6, 6.07) is 13.3. The molecule has 0 bridgehead atoms. The van der Waals surface area contributed by atoms with E-state index < -0.39 is 0 Å². The van der Waals surface area contributed by atoms with Crippen LogP contribution < -0.4 is 5.32 Å². The summed E-state index contributed by atoms with van der Waals surface area (Å²) >= 11 is 0. The average molecular weight is 267 g/mol. The monoisotopic (exact) mass is 267 g/mol. The predicted molar refractivity (Wildman–Crippen MR) is 88.4 cm³/mol. The van der Waals surface area contributed by atoms with Gasteiger partial charge in [-0.25, -0.2) is 0 Å². The Balaban J connectivity index is 2.05. The topological polar surface area (TPSA) is 12.0 Å². The molecule has 0 saturated carbocycles. The molecule has 0 unspecified atom stereocenters. The van der Waals surface area contributed by atoms with Crippen LogP contribution in [0.25, 0.3) is 0 Å². The summed E-state index contributed by atoms with van der Waals surface area (Å²) in [5.74, 6) is 0. The van der Waals surface area contributed by atoms with Crippen molar-refractivity contribution in [3.05, 3.63) is 64.2 Å². The van der Waals surface area contributed by atoms with Crippen molar-refractivity contribution in [2.45, 2.75) is 47.1 Å². The smallest absolute Gasteiger partial charge is 0.0406 e. The molecule has 0 aromatic heterocycles. The summed E-state index contributed by atoms with van der Waals surface area (Å²) in [5, 5.41) is 3.53. The van der Waals surface area contributed by atoms with Crippen LogP contribution in [0.4, 0.5) is 5.69 Å². The standard InChI is InChI=1S/C19H25N/c1-5-6-17-7-9-18(10-8-17)20-13-19-15(3)11-14(2)12-16(19)4/h7-12,20H,5-6,13H2,1-4H3. The summed E-state index contributed by atoms with van der Waals surface area (Å²) < 4.78 is 0. The molecule has 1 N–H and O–H groups in total. The maximum atomic E-state index is 3.53. The lowest BCUT2D eigenvalue weighted by Crippen LogP contribution is -2.04. The second-order valence-electron chi connectivity index (χ2n) is 5.68. The Hall–Kier alpha value is -1.76. The highest BCUT2D eigenvalue weighted by Gasteiger charge is 2.03. The van der Waals surface area contributed by atoms with Gasteiger partial charge in [0.1, 0.15) is 0 Å². The highest BCUT2D eigenvalue weighted by Crippen LogP contribution is 2.18. The largest absolute Gasteiger partial charge is 0.381 e. The lowest BCUT2D eigenvalue weighted by molar-refractivity contribution is 0.922. The molecule has 0 heterocycles. The fourth-order valence-electron chi connectivity index (χ4n) is 2.76. The molecule has 0 saturated heterocycles. The SMILES string of the molecule is CCCc1ccc(NCc2c(C)cc(C)cc2C)cc1. The third kappa shape index (κ3) is 3.63. The summed E-state index contributed by atoms with van der Waals surface area (Å²) in [5.41, 5.74) is 8.11. The molecule has 0 aliphatic rings. The van der Waals surface area contributed by atoms with Crippen LogP contribution in [0.2, 0.25) is 0 Å². The molecule has 2 aromatic rings. The van der Waals surface area contributed by atoms with Crippen molar-refractivity contribution in [1.29, 1.82) is 0 Å². The predicted octanol–water partition coefficient (Wildman–Crippen LogP) is 5.18. The minimum absolute atomic E-state index is 0.894. The average Bonchev–Trinajstić information content (AvgIpc) is 2.39. The van der Waals surface area contributed by atoms with Gasteiger partial charge in [0.05, 0.1) is 0 Å². The van der Waals surface area contributed by atoms with Crippen molar-refractivity contribution in [1.82, 2.24) is 0 Å². The molecule has 0 amide bonds. The van der Waals surface area contributed by atoms with Gasteiger partial charge in [0.2, 0.25) is 0 Å². The van der Waals surface area contributed by atoms with Crippen molar-refractivity contribution in [2.75, 3.05) is 5.32 Å². The first-order valence-electron chi connectivity index (χ1n) is 7.49. The Morgan fingerprint density at radius 3 is 2.05 bits per heavy atom. The molecule has 0 atom stereocenters. The number of hydrogen-bond donors (Lipinski definition) is 1. The fourth-order valence-corrected chi connectivity index (χ4v) is 2.76. The van der Waals surface area contributed by atoms with Crippen LogP contribution in [0.15, 0.2) is 36.4 Å². The Morgan fingerprint density at radius 2 is 1.50 bits per heavy atom. The molecule has 0 spiro atoms. The second-order valence-corrected chi connectivity index (χ2v) is 5.68. The molecule has 1 nitrogen and oxygen atoms in total. The summed E-state index contributed by atoms with van der Waals surface area (Å²) in [7, 11) is 0. The minimum atomic E-state index is 0.894. The van der Waals surface area contributed by atoms with Gasteiger partial charge in [-0.1, -0.05) is 43.2 Å². The number of hydrogen-bond acceptors (Lipinski definition) is 1. The highest BCUT2D eigenvalue weighted by molar-refractivity contribution is 5.47. The first-order valence-corrected chi connectivity index (χ1v) is 7.49. The molecule has 0 radical (unpaired) electrons. The number of benzene rings is 2. The Kier molecular flexibility index (Phi) is 4.84. The van der Waals surface area contributed by atoms with Crippen LogP contribution in [-0.4, -0.2) is 0 Å². The van der Waals surface area contributed by atoms with E-state index in [0.29, 0.717) is 0 Å². The van der Waals surface area contributed by atoms with Gasteiger partial charge in [0.25, 0.3) is 0 Å². The van der Waals surface area contributed by atoms with Gasteiger partial charge in [-0.3, -0.25) is 0 Å². The molecule has 2 aromatic carbocycles. The van der Waals surface area contributed by atoms with E-state index in [0.717, 1.165) is 13.0 Å². The molecule has 106 valence electrons. The Labute approximate surface area is 123 Å². The third-order valence-electron chi connectivity index (χ3n) is 3.80. The van der Waals surface area contributed by atoms with E-state index in [1.54, 1.807) is 0 Å². The Bertz CT molecular complexity index is 544. The van der Waals surface area contributed by atoms with Gasteiger partial charge in [0.15, 0.2) is 0 Å². The quantitative estimate of drug-likeness (QED) is 0.787. The van der Waals surface area contributed by atoms with E-state index in [4.69, 9.17) is 0 Å². The van der Waals surface area contributed by atoms with Crippen molar-refractivity contribution in [3.63, 3.8) is 0 Å². The zero-order valence-electron chi connectivity index (χ0n) is 13.1. The summed E-state index contributed by atoms with van der Waals surface area (Å²) in [6.45, 7) is 9.66. The third-order valence-corrected chi connectivity index (χ3v) is 3.80. The Morgan fingerprint density at radius 1 is 0.900 bits per heavy atom. The molecular weight excluding hydrogens is 242 g/mol. The first-order chi connectivity index (χ1) is 9.60. The number of anilines is 1. The normalized spacial score (nSPS) is 10.6. The van der Waals surface area contributed by atoms with Gasteiger partial charge < -0.3 is 5.32 Å². The maximum Gasteiger partial charge on any atom is 0.0406 e. The van der Waals surface area contributed by atoms with Crippen molar-refractivity contribution in [3.8, 4) is 0 Å². The van der Waals surface area contributed by atoms with Gasteiger partial charge >= 0.3 is 0 Å². The van der Waals surface area contributed by atoms with Crippen LogP contribution >= 0.6 is 0 Å². The van der Waals surface area contributed by atoms with Crippen LogP contribution in [-0.2, 0) is 13.0 Å². The van der Waals surface area contributed by atoms with E-state index in [9.17, 15) is 0 Å². The zero-order valence-corrected chi connectivity index (χ0v) is 13.1. The molecule has 1 heteroatoms.